The van der Waals surface area contributed by atoms with Crippen molar-refractivity contribution in [1.29, 1.82) is 0 Å². The van der Waals surface area contributed by atoms with Gasteiger partial charge in [0.15, 0.2) is 0 Å². The Hall–Kier alpha value is -1.16. The van der Waals surface area contributed by atoms with Crippen LogP contribution < -0.4 is 10.1 Å². The van der Waals surface area contributed by atoms with E-state index in [1.54, 1.807) is 13.0 Å². The molecule has 0 saturated carbocycles. The minimum atomic E-state index is -2.76. The highest BCUT2D eigenvalue weighted by Gasteiger charge is 2.15. The SMILES string of the molecule is Cc1ccc(CC2CCCN2)cc1OC(F)F. The van der Waals surface area contributed by atoms with E-state index in [9.17, 15) is 8.78 Å². The highest BCUT2D eigenvalue weighted by molar-refractivity contribution is 5.37. The molecule has 2 nitrogen and oxygen atoms in total. The molecular weight excluding hydrogens is 224 g/mol. The Bertz CT molecular complexity index is 376. The molecule has 0 spiro atoms. The molecule has 1 atom stereocenters. The molecule has 0 aliphatic carbocycles. The number of hydrogen-bond acceptors (Lipinski definition) is 2. The molecule has 0 radical (unpaired) electrons. The summed E-state index contributed by atoms with van der Waals surface area (Å²) in [6.45, 7) is 0.0697. The van der Waals surface area contributed by atoms with Gasteiger partial charge in [-0.3, -0.25) is 0 Å². The Kier molecular flexibility index (Phi) is 3.94. The number of nitrogens with one attached hydrogen (secondary N) is 1. The lowest BCUT2D eigenvalue weighted by Crippen LogP contribution is -2.23. The highest BCUT2D eigenvalue weighted by Crippen LogP contribution is 2.23. The summed E-state index contributed by atoms with van der Waals surface area (Å²) in [6.07, 6.45) is 3.22. The predicted octanol–water partition coefficient (Wildman–Crippen LogP) is 2.89. The second kappa shape index (κ2) is 5.45. The van der Waals surface area contributed by atoms with Crippen LogP contribution in [0.1, 0.15) is 24.0 Å². The van der Waals surface area contributed by atoms with E-state index in [1.165, 1.54) is 6.42 Å². The first-order valence-corrected chi connectivity index (χ1v) is 5.93. The van der Waals surface area contributed by atoms with Crippen molar-refractivity contribution >= 4 is 0 Å². The topological polar surface area (TPSA) is 21.3 Å². The first kappa shape index (κ1) is 12.3. The molecule has 4 heteroatoms. The van der Waals surface area contributed by atoms with Gasteiger partial charge in [0.2, 0.25) is 0 Å². The molecule has 0 amide bonds. The Balaban J connectivity index is 2.06. The van der Waals surface area contributed by atoms with Gasteiger partial charge in [-0.15, -0.1) is 0 Å². The van der Waals surface area contributed by atoms with Crippen LogP contribution in [0.15, 0.2) is 18.2 Å². The van der Waals surface area contributed by atoms with Crippen LogP contribution in [-0.4, -0.2) is 19.2 Å². The Morgan fingerprint density at radius 3 is 2.94 bits per heavy atom. The monoisotopic (exact) mass is 241 g/mol. The van der Waals surface area contributed by atoms with Crippen LogP contribution in [0.25, 0.3) is 0 Å². The van der Waals surface area contributed by atoms with Crippen LogP contribution in [-0.2, 0) is 6.42 Å². The van der Waals surface area contributed by atoms with Crippen molar-refractivity contribution in [3.8, 4) is 5.75 Å². The fraction of sp³-hybridized carbons (Fsp3) is 0.538. The molecule has 1 saturated heterocycles. The Morgan fingerprint density at radius 1 is 1.47 bits per heavy atom. The molecule has 94 valence electrons. The molecule has 0 bridgehead atoms. The van der Waals surface area contributed by atoms with Gasteiger partial charge in [0.05, 0.1) is 0 Å². The summed E-state index contributed by atoms with van der Waals surface area (Å²) in [4.78, 5) is 0. The maximum atomic E-state index is 12.2. The number of ether oxygens (including phenoxy) is 1. The standard InChI is InChI=1S/C13H17F2NO/c1-9-4-5-10(7-11-3-2-6-16-11)8-12(9)17-13(14)15/h4-5,8,11,13,16H,2-3,6-7H2,1H3. The molecule has 1 unspecified atom stereocenters. The highest BCUT2D eigenvalue weighted by atomic mass is 19.3. The summed E-state index contributed by atoms with van der Waals surface area (Å²) >= 11 is 0. The van der Waals surface area contributed by atoms with E-state index in [1.807, 2.05) is 12.1 Å². The molecule has 1 heterocycles. The molecule has 17 heavy (non-hydrogen) atoms. The summed E-state index contributed by atoms with van der Waals surface area (Å²) in [7, 11) is 0. The molecule has 0 aromatic heterocycles. The summed E-state index contributed by atoms with van der Waals surface area (Å²) < 4.78 is 28.9. The van der Waals surface area contributed by atoms with Crippen LogP contribution in [0, 0.1) is 6.92 Å². The van der Waals surface area contributed by atoms with Gasteiger partial charge in [-0.05, 0) is 49.9 Å². The molecule has 1 aromatic rings. The molecule has 1 N–H and O–H groups in total. The second-order valence-corrected chi connectivity index (χ2v) is 4.48. The first-order chi connectivity index (χ1) is 8.15. The lowest BCUT2D eigenvalue weighted by atomic mass is 10.0. The quantitative estimate of drug-likeness (QED) is 0.875. The zero-order valence-electron chi connectivity index (χ0n) is 9.88. The predicted molar refractivity (Wildman–Crippen MR) is 62.5 cm³/mol. The number of benzene rings is 1. The second-order valence-electron chi connectivity index (χ2n) is 4.48. The van der Waals surface area contributed by atoms with Crippen LogP contribution >= 0.6 is 0 Å². The van der Waals surface area contributed by atoms with Crippen molar-refractivity contribution in [2.75, 3.05) is 6.54 Å². The molecule has 1 aliphatic rings. The van der Waals surface area contributed by atoms with Crippen LogP contribution in [0.3, 0.4) is 0 Å². The van der Waals surface area contributed by atoms with E-state index in [0.717, 1.165) is 30.5 Å². The maximum absolute atomic E-state index is 12.2. The lowest BCUT2D eigenvalue weighted by molar-refractivity contribution is -0.0503. The van der Waals surface area contributed by atoms with E-state index in [2.05, 4.69) is 10.1 Å². The summed E-state index contributed by atoms with van der Waals surface area (Å²) in [5, 5.41) is 3.39. The first-order valence-electron chi connectivity index (χ1n) is 5.93. The van der Waals surface area contributed by atoms with Crippen molar-refractivity contribution in [3.05, 3.63) is 29.3 Å². The minimum Gasteiger partial charge on any atom is -0.435 e. The van der Waals surface area contributed by atoms with Gasteiger partial charge in [0, 0.05) is 6.04 Å². The van der Waals surface area contributed by atoms with Crippen molar-refractivity contribution in [3.63, 3.8) is 0 Å². The van der Waals surface area contributed by atoms with Gasteiger partial charge in [0.1, 0.15) is 5.75 Å². The molecule has 2 rings (SSSR count). The molecular formula is C13H17F2NO. The molecule has 1 aromatic carbocycles. The van der Waals surface area contributed by atoms with Crippen molar-refractivity contribution < 1.29 is 13.5 Å². The summed E-state index contributed by atoms with van der Waals surface area (Å²) in [6, 6.07) is 6.01. The third kappa shape index (κ3) is 3.40. The van der Waals surface area contributed by atoms with Gasteiger partial charge in [0.25, 0.3) is 0 Å². The van der Waals surface area contributed by atoms with Crippen LogP contribution in [0.5, 0.6) is 5.75 Å². The van der Waals surface area contributed by atoms with Gasteiger partial charge < -0.3 is 10.1 Å². The summed E-state index contributed by atoms with van der Waals surface area (Å²) in [5.41, 5.74) is 1.79. The van der Waals surface area contributed by atoms with E-state index in [0.29, 0.717) is 6.04 Å². The normalized spacial score (nSPS) is 19.9. The summed E-state index contributed by atoms with van der Waals surface area (Å²) in [5.74, 6) is 0.287. The number of halogens is 2. The maximum Gasteiger partial charge on any atom is 0.387 e. The van der Waals surface area contributed by atoms with E-state index in [4.69, 9.17) is 0 Å². The fourth-order valence-corrected chi connectivity index (χ4v) is 2.21. The average molecular weight is 241 g/mol. The Labute approximate surface area is 100.0 Å². The van der Waals surface area contributed by atoms with E-state index < -0.39 is 6.61 Å². The van der Waals surface area contributed by atoms with Crippen molar-refractivity contribution in [2.24, 2.45) is 0 Å². The van der Waals surface area contributed by atoms with Gasteiger partial charge >= 0.3 is 6.61 Å². The molecule has 1 fully saturated rings. The lowest BCUT2D eigenvalue weighted by Gasteiger charge is -2.13. The van der Waals surface area contributed by atoms with Gasteiger partial charge in [-0.2, -0.15) is 8.78 Å². The largest absolute Gasteiger partial charge is 0.435 e. The third-order valence-electron chi connectivity index (χ3n) is 3.11. The van der Waals surface area contributed by atoms with E-state index >= 15 is 0 Å². The fourth-order valence-electron chi connectivity index (χ4n) is 2.21. The molecule has 1 aliphatic heterocycles. The number of alkyl halides is 2. The third-order valence-corrected chi connectivity index (χ3v) is 3.11. The van der Waals surface area contributed by atoms with Crippen LogP contribution in [0.2, 0.25) is 0 Å². The van der Waals surface area contributed by atoms with Crippen LogP contribution in [0.4, 0.5) is 8.78 Å². The zero-order valence-corrected chi connectivity index (χ0v) is 9.88. The van der Waals surface area contributed by atoms with E-state index in [-0.39, 0.29) is 5.75 Å². The number of rotatable bonds is 4. The van der Waals surface area contributed by atoms with Gasteiger partial charge in [-0.25, -0.2) is 0 Å². The van der Waals surface area contributed by atoms with Crippen molar-refractivity contribution in [2.45, 2.75) is 38.8 Å². The smallest absolute Gasteiger partial charge is 0.387 e. The van der Waals surface area contributed by atoms with Gasteiger partial charge in [-0.1, -0.05) is 12.1 Å². The number of aryl methyl sites for hydroxylation is 1. The minimum absolute atomic E-state index is 0.287. The average Bonchev–Trinajstić information content (AvgIpc) is 2.75. The number of hydrogen-bond donors (Lipinski definition) is 1. The zero-order chi connectivity index (χ0) is 12.3. The van der Waals surface area contributed by atoms with Crippen molar-refractivity contribution in [1.82, 2.24) is 5.32 Å². The Morgan fingerprint density at radius 2 is 2.29 bits per heavy atom.